The van der Waals surface area contributed by atoms with Crippen LogP contribution in [0, 0.1) is 12.3 Å². The molecule has 0 fully saturated rings. The molecule has 7 nitrogen and oxygen atoms in total. The Labute approximate surface area is 188 Å². The lowest BCUT2D eigenvalue weighted by molar-refractivity contribution is -0.131. The van der Waals surface area contributed by atoms with Gasteiger partial charge in [-0.15, -0.1) is 0 Å². The molecule has 0 saturated carbocycles. The van der Waals surface area contributed by atoms with Gasteiger partial charge in [-0.1, -0.05) is 55.8 Å². The zero-order valence-corrected chi connectivity index (χ0v) is 18.7. The van der Waals surface area contributed by atoms with Crippen LogP contribution in [-0.2, 0) is 9.53 Å². The summed E-state index contributed by atoms with van der Waals surface area (Å²) in [6.45, 7) is 5.84. The van der Waals surface area contributed by atoms with Gasteiger partial charge in [-0.25, -0.2) is 9.59 Å². The van der Waals surface area contributed by atoms with Crippen LogP contribution in [0.3, 0.4) is 0 Å². The number of carbonyl (C=O) groups is 2. The number of para-hydroxylation sites is 1. The summed E-state index contributed by atoms with van der Waals surface area (Å²) in [5.74, 6) is -0.486. The van der Waals surface area contributed by atoms with Gasteiger partial charge in [-0.05, 0) is 38.0 Å². The summed E-state index contributed by atoms with van der Waals surface area (Å²) in [5, 5.41) is 20.7. The number of amides is 1. The number of allylic oxidation sites excluding steroid dienone is 1. The predicted molar refractivity (Wildman–Crippen MR) is 123 cm³/mol. The second-order valence-corrected chi connectivity index (χ2v) is 8.15. The molecule has 1 atom stereocenters. The number of aliphatic hydroxyl groups is 1. The van der Waals surface area contributed by atoms with Crippen LogP contribution in [0.25, 0.3) is 0 Å². The van der Waals surface area contributed by atoms with Crippen molar-refractivity contribution in [2.75, 3.05) is 18.5 Å². The first-order chi connectivity index (χ1) is 15.2. The number of rotatable bonds is 11. The SMILES string of the molecule is Cc1ccc(NC(=O)O[C@@H](c2ccccc2OCCO)C(C)(C)CC/C=C/C(=O)O)cc1. The standard InChI is InChI=1S/C25H31NO6/c1-18-11-13-19(14-12-18)26-24(30)32-23(25(2,3)15-7-6-10-22(28)29)20-8-4-5-9-21(20)31-17-16-27/h4-6,8-14,23,27H,7,15-17H2,1-3H3,(H,26,30)(H,28,29)/b10-6+/t23-/m0/s1. The monoisotopic (exact) mass is 441 g/mol. The largest absolute Gasteiger partial charge is 0.491 e. The third-order valence-corrected chi connectivity index (χ3v) is 5.00. The summed E-state index contributed by atoms with van der Waals surface area (Å²) in [6.07, 6.45) is 2.47. The van der Waals surface area contributed by atoms with Gasteiger partial charge in [0.2, 0.25) is 0 Å². The van der Waals surface area contributed by atoms with Crippen LogP contribution < -0.4 is 10.1 Å². The fourth-order valence-electron chi connectivity index (χ4n) is 3.29. The lowest BCUT2D eigenvalue weighted by Gasteiger charge is -2.35. The van der Waals surface area contributed by atoms with Gasteiger partial charge in [-0.2, -0.15) is 0 Å². The molecule has 0 aliphatic rings. The van der Waals surface area contributed by atoms with E-state index in [4.69, 9.17) is 19.7 Å². The number of carboxylic acids is 1. The van der Waals surface area contributed by atoms with E-state index in [0.717, 1.165) is 11.6 Å². The van der Waals surface area contributed by atoms with Gasteiger partial charge < -0.3 is 19.7 Å². The van der Waals surface area contributed by atoms with Crippen LogP contribution in [0.2, 0.25) is 0 Å². The first-order valence-electron chi connectivity index (χ1n) is 10.5. The Balaban J connectivity index is 2.28. The van der Waals surface area contributed by atoms with Crippen LogP contribution in [0.4, 0.5) is 10.5 Å². The van der Waals surface area contributed by atoms with Crippen molar-refractivity contribution < 1.29 is 29.3 Å². The van der Waals surface area contributed by atoms with Crippen molar-refractivity contribution in [3.8, 4) is 5.75 Å². The molecule has 1 amide bonds. The molecule has 0 aliphatic heterocycles. The van der Waals surface area contributed by atoms with Crippen molar-refractivity contribution in [3.05, 3.63) is 71.8 Å². The summed E-state index contributed by atoms with van der Waals surface area (Å²) in [4.78, 5) is 23.5. The van der Waals surface area contributed by atoms with Gasteiger partial charge in [0, 0.05) is 22.7 Å². The molecular weight excluding hydrogens is 410 g/mol. The van der Waals surface area contributed by atoms with Gasteiger partial charge in [-0.3, -0.25) is 5.32 Å². The van der Waals surface area contributed by atoms with E-state index in [1.165, 1.54) is 0 Å². The molecule has 0 aliphatic carbocycles. The Morgan fingerprint density at radius 3 is 2.47 bits per heavy atom. The topological polar surface area (TPSA) is 105 Å². The smallest absolute Gasteiger partial charge is 0.412 e. The van der Waals surface area contributed by atoms with E-state index in [1.54, 1.807) is 24.3 Å². The number of carboxylic acid groups (broad SMARTS) is 1. The molecule has 2 aromatic carbocycles. The van der Waals surface area contributed by atoms with Crippen LogP contribution in [0.1, 0.15) is 43.9 Å². The van der Waals surface area contributed by atoms with E-state index >= 15 is 0 Å². The van der Waals surface area contributed by atoms with E-state index in [2.05, 4.69) is 5.32 Å². The maximum absolute atomic E-state index is 12.8. The Morgan fingerprint density at radius 1 is 1.12 bits per heavy atom. The molecule has 32 heavy (non-hydrogen) atoms. The second kappa shape index (κ2) is 11.9. The van der Waals surface area contributed by atoms with E-state index in [-0.39, 0.29) is 13.2 Å². The molecule has 0 heterocycles. The number of aliphatic hydroxyl groups excluding tert-OH is 1. The minimum Gasteiger partial charge on any atom is -0.491 e. The summed E-state index contributed by atoms with van der Waals surface area (Å²) in [6, 6.07) is 14.6. The lowest BCUT2D eigenvalue weighted by Crippen LogP contribution is -2.29. The molecule has 0 saturated heterocycles. The third-order valence-electron chi connectivity index (χ3n) is 5.00. The zero-order valence-electron chi connectivity index (χ0n) is 18.7. The van der Waals surface area contributed by atoms with Crippen LogP contribution in [0.5, 0.6) is 5.75 Å². The Bertz CT molecular complexity index is 920. The first-order valence-corrected chi connectivity index (χ1v) is 10.5. The molecule has 0 aromatic heterocycles. The summed E-state index contributed by atoms with van der Waals surface area (Å²) < 4.78 is 11.6. The van der Waals surface area contributed by atoms with Crippen LogP contribution >= 0.6 is 0 Å². The third kappa shape index (κ3) is 7.74. The maximum atomic E-state index is 12.8. The van der Waals surface area contributed by atoms with Crippen molar-refractivity contribution in [2.45, 2.75) is 39.7 Å². The minimum atomic E-state index is -1.00. The number of carbonyl (C=O) groups excluding carboxylic acids is 1. The number of hydrogen-bond acceptors (Lipinski definition) is 5. The quantitative estimate of drug-likeness (QED) is 0.419. The van der Waals surface area contributed by atoms with Gasteiger partial charge in [0.05, 0.1) is 6.61 Å². The average molecular weight is 442 g/mol. The Morgan fingerprint density at radius 2 is 1.81 bits per heavy atom. The van der Waals surface area contributed by atoms with Gasteiger partial charge in [0.1, 0.15) is 18.5 Å². The van der Waals surface area contributed by atoms with Crippen molar-refractivity contribution in [1.29, 1.82) is 0 Å². The Hall–Kier alpha value is -3.32. The van der Waals surface area contributed by atoms with E-state index in [1.807, 2.05) is 51.1 Å². The van der Waals surface area contributed by atoms with Gasteiger partial charge >= 0.3 is 12.1 Å². The summed E-state index contributed by atoms with van der Waals surface area (Å²) >= 11 is 0. The van der Waals surface area contributed by atoms with Crippen molar-refractivity contribution in [2.24, 2.45) is 5.41 Å². The highest BCUT2D eigenvalue weighted by Crippen LogP contribution is 2.44. The molecule has 3 N–H and O–H groups in total. The van der Waals surface area contributed by atoms with E-state index < -0.39 is 23.6 Å². The number of ether oxygens (including phenoxy) is 2. The molecular formula is C25H31NO6. The Kier molecular flexibility index (Phi) is 9.28. The number of benzene rings is 2. The highest BCUT2D eigenvalue weighted by molar-refractivity contribution is 5.84. The molecule has 0 radical (unpaired) electrons. The number of hydrogen-bond donors (Lipinski definition) is 3. The summed E-state index contributed by atoms with van der Waals surface area (Å²) in [7, 11) is 0. The summed E-state index contributed by atoms with van der Waals surface area (Å²) in [5.41, 5.74) is 1.82. The first kappa shape index (κ1) is 24.9. The highest BCUT2D eigenvalue weighted by Gasteiger charge is 2.35. The molecule has 2 rings (SSSR count). The van der Waals surface area contributed by atoms with Gasteiger partial charge in [0.25, 0.3) is 0 Å². The van der Waals surface area contributed by atoms with Crippen LogP contribution in [0.15, 0.2) is 60.7 Å². The number of aryl methyl sites for hydroxylation is 1. The number of aliphatic carboxylic acids is 1. The number of nitrogens with one attached hydrogen (secondary N) is 1. The van der Waals surface area contributed by atoms with Crippen molar-refractivity contribution in [1.82, 2.24) is 0 Å². The van der Waals surface area contributed by atoms with Crippen molar-refractivity contribution >= 4 is 17.7 Å². The fraction of sp³-hybridized carbons (Fsp3) is 0.360. The minimum absolute atomic E-state index is 0.112. The fourth-order valence-corrected chi connectivity index (χ4v) is 3.29. The second-order valence-electron chi connectivity index (χ2n) is 8.15. The normalized spacial score (nSPS) is 12.4. The molecule has 0 unspecified atom stereocenters. The molecule has 0 spiro atoms. The zero-order chi connectivity index (χ0) is 23.6. The molecule has 7 heteroatoms. The van der Waals surface area contributed by atoms with E-state index in [9.17, 15) is 9.59 Å². The van der Waals surface area contributed by atoms with Gasteiger partial charge in [0.15, 0.2) is 0 Å². The molecule has 0 bridgehead atoms. The molecule has 172 valence electrons. The van der Waals surface area contributed by atoms with Crippen molar-refractivity contribution in [3.63, 3.8) is 0 Å². The van der Waals surface area contributed by atoms with E-state index in [0.29, 0.717) is 29.8 Å². The van der Waals surface area contributed by atoms with Crippen LogP contribution in [-0.4, -0.2) is 35.5 Å². The predicted octanol–water partition coefficient (Wildman–Crippen LogP) is 5.10. The highest BCUT2D eigenvalue weighted by atomic mass is 16.6. The lowest BCUT2D eigenvalue weighted by atomic mass is 9.78. The molecule has 2 aromatic rings. The average Bonchev–Trinajstić information content (AvgIpc) is 2.75. The maximum Gasteiger partial charge on any atom is 0.412 e. The number of anilines is 1.